The molecule has 0 radical (unpaired) electrons. The van der Waals surface area contributed by atoms with Gasteiger partial charge in [0, 0.05) is 24.2 Å². The third-order valence-corrected chi connectivity index (χ3v) is 4.08. The van der Waals surface area contributed by atoms with Gasteiger partial charge in [0.25, 0.3) is 0 Å². The Kier molecular flexibility index (Phi) is 4.23. The van der Waals surface area contributed by atoms with Gasteiger partial charge in [0.05, 0.1) is 11.4 Å². The summed E-state index contributed by atoms with van der Waals surface area (Å²) in [6, 6.07) is 6.21. The van der Waals surface area contributed by atoms with Crippen LogP contribution in [-0.4, -0.2) is 31.0 Å². The fraction of sp³-hybridized carbons (Fsp3) is 0.417. The molecular formula is C12H16N2OS2. The van der Waals surface area contributed by atoms with E-state index in [1.807, 2.05) is 6.07 Å². The molecule has 2 rings (SSSR count). The van der Waals surface area contributed by atoms with Crippen molar-refractivity contribution in [3.63, 3.8) is 0 Å². The quantitative estimate of drug-likeness (QED) is 0.823. The van der Waals surface area contributed by atoms with Gasteiger partial charge in [-0.05, 0) is 30.4 Å². The molecule has 0 saturated heterocycles. The predicted molar refractivity (Wildman–Crippen MR) is 77.5 cm³/mol. The summed E-state index contributed by atoms with van der Waals surface area (Å²) in [7, 11) is 2.06. The van der Waals surface area contributed by atoms with E-state index in [1.165, 1.54) is 0 Å². The SMILES string of the molecule is CN(CCCS)c1ccc2c(c1)NC(=O)CS2. The van der Waals surface area contributed by atoms with Gasteiger partial charge in [-0.2, -0.15) is 12.6 Å². The fourth-order valence-corrected chi connectivity index (χ4v) is 2.68. The van der Waals surface area contributed by atoms with E-state index in [2.05, 4.69) is 42.0 Å². The summed E-state index contributed by atoms with van der Waals surface area (Å²) in [6.45, 7) is 0.976. The molecule has 1 amide bonds. The van der Waals surface area contributed by atoms with Crippen molar-refractivity contribution in [3.8, 4) is 0 Å². The first kappa shape index (κ1) is 12.6. The maximum atomic E-state index is 11.3. The minimum Gasteiger partial charge on any atom is -0.375 e. The van der Waals surface area contributed by atoms with Crippen molar-refractivity contribution in [1.29, 1.82) is 0 Å². The summed E-state index contributed by atoms with van der Waals surface area (Å²) in [5.41, 5.74) is 2.06. The van der Waals surface area contributed by atoms with Crippen LogP contribution in [-0.2, 0) is 4.79 Å². The highest BCUT2D eigenvalue weighted by atomic mass is 32.2. The zero-order chi connectivity index (χ0) is 12.3. The average Bonchev–Trinajstić information content (AvgIpc) is 2.35. The van der Waals surface area contributed by atoms with Gasteiger partial charge in [-0.1, -0.05) is 0 Å². The first-order valence-electron chi connectivity index (χ1n) is 5.59. The molecule has 1 aromatic rings. The van der Waals surface area contributed by atoms with Gasteiger partial charge in [0.2, 0.25) is 5.91 Å². The van der Waals surface area contributed by atoms with Gasteiger partial charge in [0.15, 0.2) is 0 Å². The molecule has 0 unspecified atom stereocenters. The second-order valence-corrected chi connectivity index (χ2v) is 5.48. The Morgan fingerprint density at radius 1 is 1.53 bits per heavy atom. The second kappa shape index (κ2) is 5.69. The van der Waals surface area contributed by atoms with Crippen LogP contribution in [0.3, 0.4) is 0 Å². The Hall–Kier alpha value is -0.810. The minimum atomic E-state index is 0.0812. The van der Waals surface area contributed by atoms with Crippen molar-refractivity contribution in [2.45, 2.75) is 11.3 Å². The molecule has 1 N–H and O–H groups in total. The summed E-state index contributed by atoms with van der Waals surface area (Å²) in [5.74, 6) is 1.49. The Labute approximate surface area is 111 Å². The van der Waals surface area contributed by atoms with Gasteiger partial charge >= 0.3 is 0 Å². The van der Waals surface area contributed by atoms with Crippen molar-refractivity contribution in [2.75, 3.05) is 35.3 Å². The molecule has 0 aromatic heterocycles. The lowest BCUT2D eigenvalue weighted by Crippen LogP contribution is -2.21. The van der Waals surface area contributed by atoms with Crippen LogP contribution in [0.5, 0.6) is 0 Å². The van der Waals surface area contributed by atoms with E-state index >= 15 is 0 Å². The normalized spacial score (nSPS) is 14.1. The molecule has 0 spiro atoms. The molecule has 0 atom stereocenters. The highest BCUT2D eigenvalue weighted by Crippen LogP contribution is 2.34. The number of nitrogens with zero attached hydrogens (tertiary/aromatic N) is 1. The number of nitrogens with one attached hydrogen (secondary N) is 1. The number of thiol groups is 1. The van der Waals surface area contributed by atoms with E-state index in [-0.39, 0.29) is 5.91 Å². The molecule has 5 heteroatoms. The number of carbonyl (C=O) groups excluding carboxylic acids is 1. The van der Waals surface area contributed by atoms with Crippen molar-refractivity contribution in [1.82, 2.24) is 0 Å². The molecule has 92 valence electrons. The van der Waals surface area contributed by atoms with Crippen LogP contribution >= 0.6 is 24.4 Å². The van der Waals surface area contributed by atoms with Gasteiger partial charge in [-0.15, -0.1) is 11.8 Å². The van der Waals surface area contributed by atoms with Crippen molar-refractivity contribution >= 4 is 41.7 Å². The summed E-state index contributed by atoms with van der Waals surface area (Å²) in [5, 5.41) is 2.91. The van der Waals surface area contributed by atoms with E-state index in [0.717, 1.165) is 35.0 Å². The smallest absolute Gasteiger partial charge is 0.234 e. The maximum Gasteiger partial charge on any atom is 0.234 e. The summed E-state index contributed by atoms with van der Waals surface area (Å²) in [4.78, 5) is 14.7. The largest absolute Gasteiger partial charge is 0.375 e. The van der Waals surface area contributed by atoms with Crippen LogP contribution in [0, 0.1) is 0 Å². The number of rotatable bonds is 4. The van der Waals surface area contributed by atoms with Crippen LogP contribution in [0.4, 0.5) is 11.4 Å². The van der Waals surface area contributed by atoms with Crippen LogP contribution < -0.4 is 10.2 Å². The summed E-state index contributed by atoms with van der Waals surface area (Å²) in [6.07, 6.45) is 1.05. The van der Waals surface area contributed by atoms with Gasteiger partial charge in [0.1, 0.15) is 0 Å². The highest BCUT2D eigenvalue weighted by molar-refractivity contribution is 8.00. The molecular weight excluding hydrogens is 252 g/mol. The molecule has 1 aliphatic rings. The predicted octanol–water partition coefficient (Wildman–Crippen LogP) is 2.49. The lowest BCUT2D eigenvalue weighted by atomic mass is 10.2. The summed E-state index contributed by atoms with van der Waals surface area (Å²) < 4.78 is 0. The maximum absolute atomic E-state index is 11.3. The molecule has 1 heterocycles. The molecule has 0 bridgehead atoms. The second-order valence-electron chi connectivity index (χ2n) is 4.02. The topological polar surface area (TPSA) is 32.3 Å². The third kappa shape index (κ3) is 3.10. The van der Waals surface area contributed by atoms with Crippen molar-refractivity contribution in [2.24, 2.45) is 0 Å². The zero-order valence-corrected chi connectivity index (χ0v) is 11.5. The van der Waals surface area contributed by atoms with Gasteiger partial charge < -0.3 is 10.2 Å². The van der Waals surface area contributed by atoms with Crippen LogP contribution in [0.25, 0.3) is 0 Å². The first-order valence-corrected chi connectivity index (χ1v) is 7.21. The van der Waals surface area contributed by atoms with Crippen molar-refractivity contribution in [3.05, 3.63) is 18.2 Å². The Morgan fingerprint density at radius 3 is 3.12 bits per heavy atom. The Balaban J connectivity index is 2.14. The van der Waals surface area contributed by atoms with E-state index < -0.39 is 0 Å². The molecule has 0 fully saturated rings. The summed E-state index contributed by atoms with van der Waals surface area (Å²) >= 11 is 5.80. The molecule has 3 nitrogen and oxygen atoms in total. The first-order chi connectivity index (χ1) is 8.20. The number of carbonyl (C=O) groups is 1. The number of fused-ring (bicyclic) bond motifs is 1. The zero-order valence-electron chi connectivity index (χ0n) is 9.77. The number of anilines is 2. The third-order valence-electron chi connectivity index (χ3n) is 2.69. The number of hydrogen-bond donors (Lipinski definition) is 2. The van der Waals surface area contributed by atoms with E-state index in [4.69, 9.17) is 0 Å². The lowest BCUT2D eigenvalue weighted by Gasteiger charge is -2.22. The molecule has 1 aromatic carbocycles. The monoisotopic (exact) mass is 268 g/mol. The molecule has 0 saturated carbocycles. The number of amides is 1. The van der Waals surface area contributed by atoms with Crippen molar-refractivity contribution < 1.29 is 4.79 Å². The van der Waals surface area contributed by atoms with Crippen LogP contribution in [0.2, 0.25) is 0 Å². The molecule has 17 heavy (non-hydrogen) atoms. The molecule has 0 aliphatic carbocycles. The van der Waals surface area contributed by atoms with Gasteiger partial charge in [-0.25, -0.2) is 0 Å². The highest BCUT2D eigenvalue weighted by Gasteiger charge is 2.16. The number of benzene rings is 1. The van der Waals surface area contributed by atoms with E-state index in [1.54, 1.807) is 11.8 Å². The number of thioether (sulfide) groups is 1. The Bertz CT molecular complexity index is 423. The Morgan fingerprint density at radius 2 is 2.35 bits per heavy atom. The van der Waals surface area contributed by atoms with Crippen LogP contribution in [0.15, 0.2) is 23.1 Å². The fourth-order valence-electron chi connectivity index (χ4n) is 1.75. The number of hydrogen-bond acceptors (Lipinski definition) is 4. The lowest BCUT2D eigenvalue weighted by molar-refractivity contribution is -0.113. The van der Waals surface area contributed by atoms with Crippen LogP contribution in [0.1, 0.15) is 6.42 Å². The molecule has 1 aliphatic heterocycles. The van der Waals surface area contributed by atoms with E-state index in [9.17, 15) is 4.79 Å². The van der Waals surface area contributed by atoms with E-state index in [0.29, 0.717) is 5.75 Å². The van der Waals surface area contributed by atoms with Gasteiger partial charge in [-0.3, -0.25) is 4.79 Å². The average molecular weight is 268 g/mol. The standard InChI is InChI=1S/C12H16N2OS2/c1-14(5-2-6-16)9-3-4-11-10(7-9)13-12(15)8-17-11/h3-4,7,16H,2,5-6,8H2,1H3,(H,13,15). The minimum absolute atomic E-state index is 0.0812.